The van der Waals surface area contributed by atoms with Crippen LogP contribution in [0.5, 0.6) is 0 Å². The van der Waals surface area contributed by atoms with Gasteiger partial charge in [-0.05, 0) is 25.0 Å². The van der Waals surface area contributed by atoms with Crippen molar-refractivity contribution < 1.29 is 9.18 Å². The van der Waals surface area contributed by atoms with Gasteiger partial charge in [-0.2, -0.15) is 0 Å². The Labute approximate surface area is 122 Å². The van der Waals surface area contributed by atoms with Crippen LogP contribution in [0.4, 0.5) is 4.39 Å². The Balaban J connectivity index is 2.25. The summed E-state index contributed by atoms with van der Waals surface area (Å²) in [6.07, 6.45) is 4.20. The highest BCUT2D eigenvalue weighted by molar-refractivity contribution is 6.34. The molecular weight excluding hydrogens is 288 g/mol. The number of carbonyl (C=O) groups is 1. The molecule has 1 aliphatic rings. The van der Waals surface area contributed by atoms with Crippen molar-refractivity contribution in [1.29, 1.82) is 0 Å². The third-order valence-corrected chi connectivity index (χ3v) is 4.09. The van der Waals surface area contributed by atoms with Crippen LogP contribution in [0.1, 0.15) is 36.0 Å². The van der Waals surface area contributed by atoms with Crippen LogP contribution in [0.2, 0.25) is 5.02 Å². The number of carbonyl (C=O) groups excluding carboxylic acids is 1. The molecule has 2 rings (SSSR count). The third-order valence-electron chi connectivity index (χ3n) is 3.53. The van der Waals surface area contributed by atoms with Gasteiger partial charge in [0.25, 0.3) is 5.91 Å². The Morgan fingerprint density at radius 1 is 1.37 bits per heavy atom. The van der Waals surface area contributed by atoms with Crippen molar-refractivity contribution in [3.8, 4) is 0 Å². The summed E-state index contributed by atoms with van der Waals surface area (Å²) in [4.78, 5) is 14.2. The number of hydrogen-bond acceptors (Lipinski definition) is 1. The normalized spacial score (nSPS) is 15.7. The first-order chi connectivity index (χ1) is 9.15. The zero-order valence-electron chi connectivity index (χ0n) is 10.5. The number of hydrogen-bond donors (Lipinski definition) is 0. The number of benzene rings is 1. The molecule has 5 heteroatoms. The van der Waals surface area contributed by atoms with Crippen LogP contribution in [0.25, 0.3) is 0 Å². The Morgan fingerprint density at radius 3 is 2.68 bits per heavy atom. The molecule has 0 radical (unpaired) electrons. The fraction of sp³-hybridized carbons (Fsp3) is 0.500. The summed E-state index contributed by atoms with van der Waals surface area (Å²) in [5, 5.41) is -0.106. The van der Waals surface area contributed by atoms with E-state index in [0.29, 0.717) is 12.4 Å². The summed E-state index contributed by atoms with van der Waals surface area (Å²) in [7, 11) is 0. The Morgan fingerprint density at radius 2 is 2.05 bits per heavy atom. The van der Waals surface area contributed by atoms with E-state index in [1.165, 1.54) is 12.1 Å². The van der Waals surface area contributed by atoms with Crippen LogP contribution in [0.3, 0.4) is 0 Å². The molecule has 1 amide bonds. The van der Waals surface area contributed by atoms with Gasteiger partial charge in [-0.3, -0.25) is 4.79 Å². The fourth-order valence-electron chi connectivity index (χ4n) is 2.58. The molecule has 104 valence electrons. The highest BCUT2D eigenvalue weighted by Gasteiger charge is 2.28. The predicted octanol–water partition coefficient (Wildman–Crippen LogP) is 4.10. The summed E-state index contributed by atoms with van der Waals surface area (Å²) in [6.45, 7) is 0.470. The van der Waals surface area contributed by atoms with Gasteiger partial charge >= 0.3 is 0 Å². The third kappa shape index (κ3) is 3.21. The SMILES string of the molecule is O=C(c1cccc(F)c1Cl)N(CCCl)C1CCCC1. The monoisotopic (exact) mass is 303 g/mol. The van der Waals surface area contributed by atoms with Crippen LogP contribution >= 0.6 is 23.2 Å². The van der Waals surface area contributed by atoms with E-state index in [-0.39, 0.29) is 22.5 Å². The Hall–Kier alpha value is -0.800. The average molecular weight is 304 g/mol. The molecular formula is C14H16Cl2FNO. The van der Waals surface area contributed by atoms with Crippen LogP contribution in [0, 0.1) is 5.82 Å². The minimum Gasteiger partial charge on any atom is -0.334 e. The van der Waals surface area contributed by atoms with E-state index in [1.54, 1.807) is 11.0 Å². The number of nitrogens with zero attached hydrogens (tertiary/aromatic N) is 1. The maximum atomic E-state index is 13.4. The molecule has 0 atom stereocenters. The van der Waals surface area contributed by atoms with Gasteiger partial charge < -0.3 is 4.90 Å². The molecule has 1 aliphatic carbocycles. The first-order valence-corrected chi connectivity index (χ1v) is 7.37. The van der Waals surface area contributed by atoms with Crippen LogP contribution in [-0.4, -0.2) is 29.3 Å². The molecule has 0 bridgehead atoms. The van der Waals surface area contributed by atoms with E-state index >= 15 is 0 Å². The van der Waals surface area contributed by atoms with Gasteiger partial charge in [0, 0.05) is 18.5 Å². The van der Waals surface area contributed by atoms with E-state index in [1.807, 2.05) is 0 Å². The smallest absolute Gasteiger partial charge is 0.255 e. The highest BCUT2D eigenvalue weighted by Crippen LogP contribution is 2.27. The molecule has 1 saturated carbocycles. The van der Waals surface area contributed by atoms with Crippen molar-refractivity contribution in [2.75, 3.05) is 12.4 Å². The standard InChI is InChI=1S/C14H16Cl2FNO/c15-8-9-18(10-4-1-2-5-10)14(19)11-6-3-7-12(17)13(11)16/h3,6-7,10H,1-2,4-5,8-9H2. The second kappa shape index (κ2) is 6.58. The number of rotatable bonds is 4. The van der Waals surface area contributed by atoms with Crippen molar-refractivity contribution in [3.05, 3.63) is 34.6 Å². The second-order valence-corrected chi connectivity index (χ2v) is 5.48. The Bertz CT molecular complexity index is 461. The topological polar surface area (TPSA) is 20.3 Å². The lowest BCUT2D eigenvalue weighted by atomic mass is 10.1. The van der Waals surface area contributed by atoms with Gasteiger partial charge in [0.1, 0.15) is 5.82 Å². The van der Waals surface area contributed by atoms with Crippen molar-refractivity contribution in [3.63, 3.8) is 0 Å². The first kappa shape index (κ1) is 14.6. The van der Waals surface area contributed by atoms with E-state index in [2.05, 4.69) is 0 Å². The van der Waals surface area contributed by atoms with Gasteiger partial charge in [-0.15, -0.1) is 11.6 Å². The van der Waals surface area contributed by atoms with Crippen LogP contribution in [0.15, 0.2) is 18.2 Å². The summed E-state index contributed by atoms with van der Waals surface area (Å²) in [6, 6.07) is 4.51. The van der Waals surface area contributed by atoms with Crippen LogP contribution < -0.4 is 0 Å². The quantitative estimate of drug-likeness (QED) is 0.767. The molecule has 0 unspecified atom stereocenters. The maximum absolute atomic E-state index is 13.4. The van der Waals surface area contributed by atoms with Crippen molar-refractivity contribution >= 4 is 29.1 Å². The van der Waals surface area contributed by atoms with E-state index in [0.717, 1.165) is 25.7 Å². The zero-order chi connectivity index (χ0) is 13.8. The first-order valence-electron chi connectivity index (χ1n) is 6.46. The second-order valence-electron chi connectivity index (χ2n) is 4.73. The molecule has 19 heavy (non-hydrogen) atoms. The summed E-state index contributed by atoms with van der Waals surface area (Å²) >= 11 is 11.7. The van der Waals surface area contributed by atoms with Gasteiger partial charge in [0.05, 0.1) is 10.6 Å². The average Bonchev–Trinajstić information content (AvgIpc) is 2.92. The summed E-state index contributed by atoms with van der Waals surface area (Å²) < 4.78 is 13.4. The lowest BCUT2D eigenvalue weighted by Crippen LogP contribution is -2.40. The van der Waals surface area contributed by atoms with Crippen molar-refractivity contribution in [1.82, 2.24) is 4.90 Å². The summed E-state index contributed by atoms with van der Waals surface area (Å²) in [5.74, 6) is -0.420. The molecule has 1 fully saturated rings. The molecule has 0 aliphatic heterocycles. The Kier molecular flexibility index (Phi) is 5.06. The maximum Gasteiger partial charge on any atom is 0.255 e. The highest BCUT2D eigenvalue weighted by atomic mass is 35.5. The predicted molar refractivity (Wildman–Crippen MR) is 75.4 cm³/mol. The molecule has 1 aromatic carbocycles. The van der Waals surface area contributed by atoms with Crippen molar-refractivity contribution in [2.24, 2.45) is 0 Å². The molecule has 0 heterocycles. The van der Waals surface area contributed by atoms with Gasteiger partial charge in [-0.25, -0.2) is 4.39 Å². The largest absolute Gasteiger partial charge is 0.334 e. The van der Waals surface area contributed by atoms with Gasteiger partial charge in [0.2, 0.25) is 0 Å². The molecule has 0 saturated heterocycles. The number of alkyl halides is 1. The van der Waals surface area contributed by atoms with Crippen molar-refractivity contribution in [2.45, 2.75) is 31.7 Å². The summed E-state index contributed by atoms with van der Waals surface area (Å²) in [5.41, 5.74) is 0.221. The lowest BCUT2D eigenvalue weighted by molar-refractivity contribution is 0.0695. The lowest BCUT2D eigenvalue weighted by Gasteiger charge is -2.28. The number of halogens is 3. The van der Waals surface area contributed by atoms with Gasteiger partial charge in [-0.1, -0.05) is 30.5 Å². The van der Waals surface area contributed by atoms with Crippen LogP contribution in [-0.2, 0) is 0 Å². The molecule has 0 spiro atoms. The fourth-order valence-corrected chi connectivity index (χ4v) is 2.97. The molecule has 0 N–H and O–H groups in total. The molecule has 2 nitrogen and oxygen atoms in total. The van der Waals surface area contributed by atoms with Gasteiger partial charge in [0.15, 0.2) is 0 Å². The van der Waals surface area contributed by atoms with E-state index in [4.69, 9.17) is 23.2 Å². The zero-order valence-corrected chi connectivity index (χ0v) is 12.1. The minimum atomic E-state index is -0.565. The van der Waals surface area contributed by atoms with E-state index < -0.39 is 5.82 Å². The number of amides is 1. The van der Waals surface area contributed by atoms with E-state index in [9.17, 15) is 9.18 Å². The molecule has 0 aromatic heterocycles. The molecule has 1 aromatic rings. The minimum absolute atomic E-state index is 0.106.